The van der Waals surface area contributed by atoms with Gasteiger partial charge in [-0.2, -0.15) is 5.10 Å². The summed E-state index contributed by atoms with van der Waals surface area (Å²) in [5.74, 6) is -0.779. The lowest BCUT2D eigenvalue weighted by molar-refractivity contribution is 0.102. The Morgan fingerprint density at radius 3 is 2.78 bits per heavy atom. The predicted octanol–water partition coefficient (Wildman–Crippen LogP) is 3.49. The van der Waals surface area contributed by atoms with Gasteiger partial charge in [-0.1, -0.05) is 23.7 Å². The third-order valence-electron chi connectivity index (χ3n) is 2.54. The molecule has 1 aromatic heterocycles. The van der Waals surface area contributed by atoms with Crippen molar-refractivity contribution in [1.82, 2.24) is 9.78 Å². The van der Waals surface area contributed by atoms with Crippen molar-refractivity contribution in [2.45, 2.75) is 19.9 Å². The quantitative estimate of drug-likeness (QED) is 0.797. The molecule has 5 heteroatoms. The first kappa shape index (κ1) is 12.8. The Morgan fingerprint density at radius 2 is 2.17 bits per heavy atom. The van der Waals surface area contributed by atoms with Gasteiger partial charge in [0, 0.05) is 11.6 Å². The van der Waals surface area contributed by atoms with Crippen molar-refractivity contribution in [2.24, 2.45) is 0 Å². The molecule has 1 aromatic carbocycles. The Bertz CT molecular complexity index is 592. The number of ketones is 1. The molecule has 0 saturated heterocycles. The maximum atomic E-state index is 13.1. The molecule has 0 bridgehead atoms. The van der Waals surface area contributed by atoms with Crippen molar-refractivity contribution < 1.29 is 9.18 Å². The fourth-order valence-corrected chi connectivity index (χ4v) is 1.93. The minimum Gasteiger partial charge on any atom is -0.287 e. The number of aromatic nitrogens is 2. The van der Waals surface area contributed by atoms with E-state index in [2.05, 4.69) is 5.10 Å². The molecule has 2 rings (SSSR count). The zero-order valence-corrected chi connectivity index (χ0v) is 10.8. The van der Waals surface area contributed by atoms with Crippen LogP contribution < -0.4 is 0 Å². The molecule has 3 nitrogen and oxygen atoms in total. The Morgan fingerprint density at radius 1 is 1.44 bits per heavy atom. The summed E-state index contributed by atoms with van der Waals surface area (Å²) < 4.78 is 14.7. The van der Waals surface area contributed by atoms with Gasteiger partial charge in [-0.25, -0.2) is 4.39 Å². The first-order chi connectivity index (χ1) is 8.50. The summed E-state index contributed by atoms with van der Waals surface area (Å²) >= 11 is 5.98. The molecule has 1 heterocycles. The van der Waals surface area contributed by atoms with Gasteiger partial charge >= 0.3 is 0 Å². The van der Waals surface area contributed by atoms with Gasteiger partial charge in [0.2, 0.25) is 5.78 Å². The summed E-state index contributed by atoms with van der Waals surface area (Å²) in [7, 11) is 0. The van der Waals surface area contributed by atoms with E-state index in [1.165, 1.54) is 29.1 Å². The van der Waals surface area contributed by atoms with Gasteiger partial charge in [-0.15, -0.1) is 0 Å². The number of hydrogen-bond acceptors (Lipinski definition) is 2. The SMILES string of the molecule is CC(C)n1ncc(Cl)c1C(=O)c1cccc(F)c1. The molecule has 2 aromatic rings. The van der Waals surface area contributed by atoms with E-state index in [1.807, 2.05) is 13.8 Å². The summed E-state index contributed by atoms with van der Waals surface area (Å²) in [6.45, 7) is 3.79. The van der Waals surface area contributed by atoms with Gasteiger partial charge in [0.1, 0.15) is 11.5 Å². The second-order valence-electron chi connectivity index (χ2n) is 4.22. The highest BCUT2D eigenvalue weighted by molar-refractivity contribution is 6.34. The van der Waals surface area contributed by atoms with E-state index in [0.29, 0.717) is 0 Å². The Hall–Kier alpha value is -1.68. The summed E-state index contributed by atoms with van der Waals surface area (Å²) in [5.41, 5.74) is 0.552. The molecule has 0 unspecified atom stereocenters. The van der Waals surface area contributed by atoms with Crippen molar-refractivity contribution in [3.63, 3.8) is 0 Å². The molecule has 18 heavy (non-hydrogen) atoms. The van der Waals surface area contributed by atoms with E-state index >= 15 is 0 Å². The third-order valence-corrected chi connectivity index (χ3v) is 2.82. The highest BCUT2D eigenvalue weighted by Crippen LogP contribution is 2.22. The number of hydrogen-bond donors (Lipinski definition) is 0. The monoisotopic (exact) mass is 266 g/mol. The van der Waals surface area contributed by atoms with E-state index in [-0.39, 0.29) is 28.1 Å². The number of rotatable bonds is 3. The molecule has 0 radical (unpaired) electrons. The van der Waals surface area contributed by atoms with Crippen LogP contribution in [0.2, 0.25) is 5.02 Å². The highest BCUT2D eigenvalue weighted by Gasteiger charge is 2.20. The predicted molar refractivity (Wildman–Crippen MR) is 67.5 cm³/mol. The van der Waals surface area contributed by atoms with Crippen LogP contribution in [0.1, 0.15) is 35.9 Å². The second-order valence-corrected chi connectivity index (χ2v) is 4.63. The molecule has 0 aliphatic rings. The molecular weight excluding hydrogens is 255 g/mol. The van der Waals surface area contributed by atoms with E-state index < -0.39 is 5.82 Å². The molecule has 0 fully saturated rings. The minimum atomic E-state index is -0.451. The van der Waals surface area contributed by atoms with Crippen molar-refractivity contribution in [3.05, 3.63) is 52.6 Å². The van der Waals surface area contributed by atoms with E-state index in [1.54, 1.807) is 6.07 Å². The molecule has 0 aliphatic heterocycles. The summed E-state index contributed by atoms with van der Waals surface area (Å²) in [5, 5.41) is 4.33. The molecule has 0 spiro atoms. The number of carbonyl (C=O) groups excluding carboxylic acids is 1. The van der Waals surface area contributed by atoms with Crippen LogP contribution in [0.3, 0.4) is 0 Å². The Kier molecular flexibility index (Phi) is 3.48. The lowest BCUT2D eigenvalue weighted by atomic mass is 10.1. The smallest absolute Gasteiger partial charge is 0.212 e. The van der Waals surface area contributed by atoms with Gasteiger partial charge in [0.05, 0.1) is 11.2 Å². The normalized spacial score (nSPS) is 10.9. The van der Waals surface area contributed by atoms with Crippen LogP contribution in [0, 0.1) is 5.82 Å². The summed E-state index contributed by atoms with van der Waals surface area (Å²) in [4.78, 5) is 12.3. The van der Waals surface area contributed by atoms with Crippen molar-refractivity contribution in [2.75, 3.05) is 0 Å². The molecule has 0 amide bonds. The molecule has 0 N–H and O–H groups in total. The van der Waals surface area contributed by atoms with Gasteiger partial charge in [-0.05, 0) is 26.0 Å². The number of benzene rings is 1. The average molecular weight is 267 g/mol. The maximum Gasteiger partial charge on any atom is 0.212 e. The number of carbonyl (C=O) groups is 1. The Balaban J connectivity index is 2.49. The van der Waals surface area contributed by atoms with Crippen LogP contribution in [-0.2, 0) is 0 Å². The fourth-order valence-electron chi connectivity index (χ4n) is 1.71. The van der Waals surface area contributed by atoms with E-state index in [9.17, 15) is 9.18 Å². The zero-order valence-electron chi connectivity index (χ0n) is 10.0. The standard InChI is InChI=1S/C13H12ClFN2O/c1-8(2)17-12(11(14)7-16-17)13(18)9-4-3-5-10(15)6-9/h3-8H,1-2H3. The lowest BCUT2D eigenvalue weighted by Crippen LogP contribution is -2.14. The summed E-state index contributed by atoms with van der Waals surface area (Å²) in [6.07, 6.45) is 1.42. The first-order valence-corrected chi connectivity index (χ1v) is 5.91. The maximum absolute atomic E-state index is 13.1. The van der Waals surface area contributed by atoms with Gasteiger partial charge in [0.25, 0.3) is 0 Å². The van der Waals surface area contributed by atoms with Crippen molar-refractivity contribution in [3.8, 4) is 0 Å². The topological polar surface area (TPSA) is 34.9 Å². The lowest BCUT2D eigenvalue weighted by Gasteiger charge is -2.10. The average Bonchev–Trinajstić information content (AvgIpc) is 2.70. The van der Waals surface area contributed by atoms with E-state index in [0.717, 1.165) is 0 Å². The first-order valence-electron chi connectivity index (χ1n) is 5.54. The molecule has 94 valence electrons. The van der Waals surface area contributed by atoms with Gasteiger partial charge in [0.15, 0.2) is 0 Å². The summed E-state index contributed by atoms with van der Waals surface area (Å²) in [6, 6.07) is 5.53. The Labute approximate surface area is 109 Å². The zero-order chi connectivity index (χ0) is 13.3. The van der Waals surface area contributed by atoms with Crippen LogP contribution in [0.15, 0.2) is 30.5 Å². The van der Waals surface area contributed by atoms with Gasteiger partial charge in [-0.3, -0.25) is 9.48 Å². The molecule has 0 aliphatic carbocycles. The van der Waals surface area contributed by atoms with Crippen molar-refractivity contribution in [1.29, 1.82) is 0 Å². The fraction of sp³-hybridized carbons (Fsp3) is 0.231. The second kappa shape index (κ2) is 4.90. The molecule has 0 atom stereocenters. The van der Waals surface area contributed by atoms with Gasteiger partial charge < -0.3 is 0 Å². The van der Waals surface area contributed by atoms with Crippen molar-refractivity contribution >= 4 is 17.4 Å². The van der Waals surface area contributed by atoms with Crippen LogP contribution in [-0.4, -0.2) is 15.6 Å². The van der Waals surface area contributed by atoms with E-state index in [4.69, 9.17) is 11.6 Å². The van der Waals surface area contributed by atoms with Crippen LogP contribution in [0.25, 0.3) is 0 Å². The third kappa shape index (κ3) is 2.29. The molecule has 0 saturated carbocycles. The largest absolute Gasteiger partial charge is 0.287 e. The van der Waals surface area contributed by atoms with Crippen LogP contribution >= 0.6 is 11.6 Å². The highest BCUT2D eigenvalue weighted by atomic mass is 35.5. The van der Waals surface area contributed by atoms with Crippen LogP contribution in [0.5, 0.6) is 0 Å². The number of halogens is 2. The minimum absolute atomic E-state index is 0.00464. The number of nitrogens with zero attached hydrogens (tertiary/aromatic N) is 2. The molecular formula is C13H12ClFN2O. The van der Waals surface area contributed by atoms with Crippen LogP contribution in [0.4, 0.5) is 4.39 Å².